The van der Waals surface area contributed by atoms with Crippen molar-refractivity contribution >= 4 is 84.9 Å². The molecule has 1 unspecified atom stereocenters. The molecule has 1 aliphatic heterocycles. The van der Waals surface area contributed by atoms with Gasteiger partial charge in [0, 0.05) is 32.9 Å². The van der Waals surface area contributed by atoms with Gasteiger partial charge in [-0.1, -0.05) is 181 Å². The molecular formula is C56H37NOSi. The van der Waals surface area contributed by atoms with E-state index in [0.717, 1.165) is 28.2 Å². The molecule has 1 atom stereocenters. The van der Waals surface area contributed by atoms with E-state index in [4.69, 9.17) is 4.42 Å². The molecule has 0 N–H and O–H groups in total. The van der Waals surface area contributed by atoms with E-state index >= 15 is 0 Å². The summed E-state index contributed by atoms with van der Waals surface area (Å²) >= 11 is 0. The van der Waals surface area contributed by atoms with Crippen molar-refractivity contribution in [2.24, 2.45) is 0 Å². The molecule has 0 fully saturated rings. The zero-order valence-electron chi connectivity index (χ0n) is 32.2. The van der Waals surface area contributed by atoms with Crippen molar-refractivity contribution in [2.45, 2.75) is 0 Å². The summed E-state index contributed by atoms with van der Waals surface area (Å²) in [5.41, 5.74) is 12.9. The minimum Gasteiger partial charge on any atom is -0.456 e. The van der Waals surface area contributed by atoms with Crippen molar-refractivity contribution < 1.29 is 4.42 Å². The van der Waals surface area contributed by atoms with E-state index in [2.05, 4.69) is 223 Å². The van der Waals surface area contributed by atoms with Crippen LogP contribution in [0.1, 0.15) is 0 Å². The number of hydrogen-bond acceptors (Lipinski definition) is 2. The van der Waals surface area contributed by atoms with Crippen LogP contribution in [0.5, 0.6) is 0 Å². The van der Waals surface area contributed by atoms with Gasteiger partial charge in [0.25, 0.3) is 0 Å². The molecule has 276 valence electrons. The molecule has 0 spiro atoms. The molecule has 59 heavy (non-hydrogen) atoms. The van der Waals surface area contributed by atoms with Gasteiger partial charge in [0.15, 0.2) is 0 Å². The van der Waals surface area contributed by atoms with Crippen LogP contribution in [-0.4, -0.2) is 8.80 Å². The largest absolute Gasteiger partial charge is 0.456 e. The molecule has 0 saturated carbocycles. The highest BCUT2D eigenvalue weighted by Gasteiger charge is 2.34. The molecule has 1 aromatic heterocycles. The lowest BCUT2D eigenvalue weighted by molar-refractivity contribution is 0.669. The van der Waals surface area contributed by atoms with Crippen molar-refractivity contribution in [1.29, 1.82) is 0 Å². The van der Waals surface area contributed by atoms with Gasteiger partial charge >= 0.3 is 0 Å². The molecule has 0 saturated heterocycles. The van der Waals surface area contributed by atoms with Crippen LogP contribution in [0, 0.1) is 0 Å². The second-order valence-electron chi connectivity index (χ2n) is 15.6. The molecule has 2 nitrogen and oxygen atoms in total. The van der Waals surface area contributed by atoms with E-state index in [-0.39, 0.29) is 0 Å². The van der Waals surface area contributed by atoms with Crippen LogP contribution in [0.15, 0.2) is 223 Å². The second-order valence-corrected chi connectivity index (χ2v) is 18.4. The fourth-order valence-corrected chi connectivity index (χ4v) is 13.1. The van der Waals surface area contributed by atoms with Gasteiger partial charge in [-0.25, -0.2) is 0 Å². The summed E-state index contributed by atoms with van der Waals surface area (Å²) < 4.78 is 6.43. The van der Waals surface area contributed by atoms with Crippen molar-refractivity contribution in [2.75, 3.05) is 4.90 Å². The molecule has 0 aliphatic carbocycles. The summed E-state index contributed by atoms with van der Waals surface area (Å²) in [6, 6.07) is 80.0. The van der Waals surface area contributed by atoms with E-state index in [0.29, 0.717) is 0 Å². The zero-order chi connectivity index (χ0) is 38.9. The third-order valence-electron chi connectivity index (χ3n) is 12.3. The highest BCUT2D eigenvalue weighted by atomic mass is 28.3. The van der Waals surface area contributed by atoms with Crippen LogP contribution in [0.2, 0.25) is 0 Å². The molecule has 0 amide bonds. The van der Waals surface area contributed by atoms with Gasteiger partial charge in [0.1, 0.15) is 20.0 Å². The monoisotopic (exact) mass is 767 g/mol. The average molecular weight is 768 g/mol. The summed E-state index contributed by atoms with van der Waals surface area (Å²) in [5, 5.41) is 11.8. The summed E-state index contributed by atoms with van der Waals surface area (Å²) in [7, 11) is -1.82. The molecule has 11 aromatic rings. The number of rotatable bonds is 6. The third kappa shape index (κ3) is 5.47. The van der Waals surface area contributed by atoms with Crippen molar-refractivity contribution in [3.05, 3.63) is 218 Å². The Hall–Kier alpha value is -7.46. The third-order valence-corrected chi connectivity index (χ3v) is 15.6. The van der Waals surface area contributed by atoms with Crippen molar-refractivity contribution in [3.8, 4) is 33.4 Å². The van der Waals surface area contributed by atoms with Gasteiger partial charge in [0.05, 0.1) is 5.69 Å². The van der Waals surface area contributed by atoms with Crippen LogP contribution in [0.25, 0.3) is 76.9 Å². The average Bonchev–Trinajstić information content (AvgIpc) is 3.86. The Morgan fingerprint density at radius 3 is 1.76 bits per heavy atom. The van der Waals surface area contributed by atoms with Crippen LogP contribution < -0.4 is 20.5 Å². The summed E-state index contributed by atoms with van der Waals surface area (Å²) in [5.74, 6) is 0. The minimum absolute atomic E-state index is 0.935. The van der Waals surface area contributed by atoms with Crippen LogP contribution in [0.4, 0.5) is 17.1 Å². The van der Waals surface area contributed by atoms with Crippen molar-refractivity contribution in [1.82, 2.24) is 0 Å². The van der Waals surface area contributed by atoms with E-state index in [1.807, 2.05) is 0 Å². The molecule has 0 bridgehead atoms. The first-order valence-corrected chi connectivity index (χ1v) is 22.1. The lowest BCUT2D eigenvalue weighted by Crippen LogP contribution is -2.48. The summed E-state index contributed by atoms with van der Waals surface area (Å²) in [6.07, 6.45) is 0. The molecule has 1 aliphatic rings. The Kier molecular flexibility index (Phi) is 7.75. The normalized spacial score (nSPS) is 13.3. The Balaban J connectivity index is 0.992. The Morgan fingerprint density at radius 1 is 0.373 bits per heavy atom. The number of hydrogen-bond donors (Lipinski definition) is 0. The fourth-order valence-electron chi connectivity index (χ4n) is 9.63. The molecular weight excluding hydrogens is 731 g/mol. The molecule has 10 aromatic carbocycles. The quantitative estimate of drug-likeness (QED) is 0.157. The maximum atomic E-state index is 6.43. The summed E-state index contributed by atoms with van der Waals surface area (Å²) in [4.78, 5) is 2.39. The smallest absolute Gasteiger partial charge is 0.136 e. The van der Waals surface area contributed by atoms with Gasteiger partial charge < -0.3 is 9.32 Å². The first-order valence-electron chi connectivity index (χ1n) is 20.4. The van der Waals surface area contributed by atoms with Crippen molar-refractivity contribution in [3.63, 3.8) is 0 Å². The highest BCUT2D eigenvalue weighted by Crippen LogP contribution is 2.43. The maximum absolute atomic E-state index is 6.43. The van der Waals surface area contributed by atoms with Gasteiger partial charge in [-0.15, -0.1) is 0 Å². The minimum atomic E-state index is -1.82. The highest BCUT2D eigenvalue weighted by molar-refractivity contribution is 6.99. The Morgan fingerprint density at radius 2 is 0.983 bits per heavy atom. The number of furan rings is 1. The standard InChI is InChI=1S/C56H37NOSi/c1-3-12-37(13-4-1)38-22-29-43(30-23-38)57(49-20-11-15-40-14-7-8-18-46(40)49)44-31-24-39(25-32-44)42-26-33-48-53(36-42)59(45-16-5-2-6-17-45)52-35-28-41-27-34-51-55(54(41)56(48)52)47-19-9-10-21-50(47)58-51/h1-36,59H. The number of fused-ring (bicyclic) bond motifs is 10. The van der Waals surface area contributed by atoms with E-state index in [9.17, 15) is 0 Å². The van der Waals surface area contributed by atoms with Gasteiger partial charge in [-0.3, -0.25) is 0 Å². The SMILES string of the molecule is c1ccc(-c2ccc(N(c3ccc(-c4ccc5c(c4)[SiH](c4ccccc4)c4ccc6ccc7oc8ccccc8c7c6c4-5)cc3)c3cccc4ccccc34)cc2)cc1. The molecule has 12 rings (SSSR count). The molecule has 2 heterocycles. The number of benzene rings is 10. The Bertz CT molecular complexity index is 3370. The maximum Gasteiger partial charge on any atom is 0.136 e. The first kappa shape index (κ1) is 33.7. The van der Waals surface area contributed by atoms with Crippen LogP contribution in [-0.2, 0) is 0 Å². The van der Waals surface area contributed by atoms with E-state index in [1.165, 1.54) is 81.3 Å². The van der Waals surface area contributed by atoms with Gasteiger partial charge in [-0.2, -0.15) is 0 Å². The van der Waals surface area contributed by atoms with Gasteiger partial charge in [0.2, 0.25) is 0 Å². The number of anilines is 3. The lowest BCUT2D eigenvalue weighted by atomic mass is 9.93. The number of nitrogens with zero attached hydrogens (tertiary/aromatic N) is 1. The van der Waals surface area contributed by atoms with Crippen LogP contribution in [0.3, 0.4) is 0 Å². The molecule has 3 heteroatoms. The zero-order valence-corrected chi connectivity index (χ0v) is 33.4. The lowest BCUT2D eigenvalue weighted by Gasteiger charge is -2.27. The first-order chi connectivity index (χ1) is 29.3. The van der Waals surface area contributed by atoms with Gasteiger partial charge in [-0.05, 0) is 97.0 Å². The van der Waals surface area contributed by atoms with E-state index < -0.39 is 8.80 Å². The summed E-state index contributed by atoms with van der Waals surface area (Å²) in [6.45, 7) is 0. The fraction of sp³-hybridized carbons (Fsp3) is 0. The predicted octanol–water partition coefficient (Wildman–Crippen LogP) is 12.9. The van der Waals surface area contributed by atoms with E-state index in [1.54, 1.807) is 0 Å². The second kappa shape index (κ2) is 13.6. The Labute approximate surface area is 344 Å². The predicted molar refractivity (Wildman–Crippen MR) is 252 cm³/mol. The number of para-hydroxylation sites is 1. The van der Waals surface area contributed by atoms with Crippen LogP contribution >= 0.6 is 0 Å². The molecule has 0 radical (unpaired) electrons. The topological polar surface area (TPSA) is 16.4 Å².